The molecule has 12 heavy (non-hydrogen) atoms. The van der Waals surface area contributed by atoms with Gasteiger partial charge in [-0.15, -0.1) is 0 Å². The zero-order valence-electron chi connectivity index (χ0n) is 7.45. The lowest BCUT2D eigenvalue weighted by Crippen LogP contribution is -2.54. The maximum atomic E-state index is 11.2. The second-order valence-electron chi connectivity index (χ2n) is 3.46. The van der Waals surface area contributed by atoms with E-state index in [4.69, 9.17) is 0 Å². The van der Waals surface area contributed by atoms with Crippen LogP contribution in [0, 0.1) is 0 Å². The molecule has 0 spiro atoms. The van der Waals surface area contributed by atoms with Gasteiger partial charge in [0.2, 0.25) is 5.91 Å². The fourth-order valence-corrected chi connectivity index (χ4v) is 2.24. The molecule has 0 aromatic heterocycles. The summed E-state index contributed by atoms with van der Waals surface area (Å²) < 4.78 is 0. The summed E-state index contributed by atoms with van der Waals surface area (Å²) in [5.41, 5.74) is -0.382. The first-order valence-electron chi connectivity index (χ1n) is 4.17. The fraction of sp³-hybridized carbons (Fsp3) is 0.857. The van der Waals surface area contributed by atoms with Crippen molar-refractivity contribution in [2.24, 2.45) is 0 Å². The molecule has 0 aromatic carbocycles. The third-order valence-electron chi connectivity index (χ3n) is 2.37. The first kappa shape index (κ1) is 9.69. The molecule has 1 unspecified atom stereocenters. The highest BCUT2D eigenvalue weighted by molar-refractivity contribution is 6.65. The summed E-state index contributed by atoms with van der Waals surface area (Å²) in [4.78, 5) is 31.5. The summed E-state index contributed by atoms with van der Waals surface area (Å²) in [6.07, 6.45) is 1.39. The number of hydrogen-bond acceptors (Lipinski definition) is 3. The summed E-state index contributed by atoms with van der Waals surface area (Å²) in [5, 5.41) is 0. The maximum Gasteiger partial charge on any atom is 0.352 e. The van der Waals surface area contributed by atoms with Crippen LogP contribution in [0.4, 0.5) is 0 Å². The molecule has 0 radical (unpaired) electrons. The van der Waals surface area contributed by atoms with Gasteiger partial charge >= 0.3 is 8.56 Å². The number of amides is 1. The smallest absolute Gasteiger partial charge is 0.352 e. The molecule has 1 atom stereocenters. The minimum Gasteiger partial charge on any atom is -0.410 e. The molecule has 1 amide bonds. The van der Waals surface area contributed by atoms with Gasteiger partial charge in [0.25, 0.3) is 0 Å². The average molecular weight is 189 g/mol. The largest absolute Gasteiger partial charge is 0.410 e. The normalized spacial score (nSPS) is 21.7. The van der Waals surface area contributed by atoms with E-state index in [-0.39, 0.29) is 11.6 Å². The van der Waals surface area contributed by atoms with Gasteiger partial charge in [-0.3, -0.25) is 4.79 Å². The molecule has 0 saturated carbocycles. The Kier molecular flexibility index (Phi) is 2.55. The van der Waals surface area contributed by atoms with Crippen molar-refractivity contribution < 1.29 is 14.4 Å². The number of hydrogen-bond donors (Lipinski definition) is 2. The SMILES string of the molecule is CC(N1CCCC1=O)[Si](C)(O)O. The summed E-state index contributed by atoms with van der Waals surface area (Å²) in [7, 11) is -3.16. The second-order valence-corrected chi connectivity index (χ2v) is 6.48. The minimum atomic E-state index is -3.16. The van der Waals surface area contributed by atoms with E-state index in [2.05, 4.69) is 0 Å². The predicted octanol–water partition coefficient (Wildman–Crippen LogP) is -0.407. The lowest BCUT2D eigenvalue weighted by Gasteiger charge is -2.29. The Morgan fingerprint density at radius 3 is 2.50 bits per heavy atom. The van der Waals surface area contributed by atoms with Crippen molar-refractivity contribution in [3.05, 3.63) is 0 Å². The van der Waals surface area contributed by atoms with E-state index in [1.165, 1.54) is 6.55 Å². The van der Waals surface area contributed by atoms with Crippen LogP contribution in [-0.4, -0.2) is 41.2 Å². The van der Waals surface area contributed by atoms with E-state index in [1.54, 1.807) is 11.8 Å². The monoisotopic (exact) mass is 189 g/mol. The van der Waals surface area contributed by atoms with Crippen LogP contribution in [0.1, 0.15) is 19.8 Å². The molecule has 0 aromatic rings. The van der Waals surface area contributed by atoms with Crippen LogP contribution in [0.3, 0.4) is 0 Å². The van der Waals surface area contributed by atoms with Gasteiger partial charge in [0.1, 0.15) is 0 Å². The number of likely N-dealkylation sites (tertiary alicyclic amines) is 1. The molecule has 1 heterocycles. The molecule has 1 aliphatic rings. The van der Waals surface area contributed by atoms with Crippen LogP contribution in [0.25, 0.3) is 0 Å². The number of nitrogens with zero attached hydrogens (tertiary/aromatic N) is 1. The Morgan fingerprint density at radius 2 is 2.17 bits per heavy atom. The zero-order valence-corrected chi connectivity index (χ0v) is 8.45. The Balaban J connectivity index is 2.63. The van der Waals surface area contributed by atoms with Crippen LogP contribution in [0.5, 0.6) is 0 Å². The first-order chi connectivity index (χ1) is 5.43. The summed E-state index contributed by atoms with van der Waals surface area (Å²) in [5.74, 6) is 0.0457. The Hall–Kier alpha value is -0.393. The van der Waals surface area contributed by atoms with Crippen LogP contribution in [0.2, 0.25) is 6.55 Å². The quantitative estimate of drug-likeness (QED) is 0.581. The van der Waals surface area contributed by atoms with Crippen molar-refractivity contribution in [3.8, 4) is 0 Å². The molecular formula is C7H15NO3Si. The lowest BCUT2D eigenvalue weighted by atomic mass is 10.4. The summed E-state index contributed by atoms with van der Waals surface area (Å²) >= 11 is 0. The van der Waals surface area contributed by atoms with E-state index in [9.17, 15) is 14.4 Å². The zero-order chi connectivity index (χ0) is 9.35. The van der Waals surface area contributed by atoms with E-state index in [0.29, 0.717) is 13.0 Å². The van der Waals surface area contributed by atoms with Gasteiger partial charge in [0.15, 0.2) is 0 Å². The van der Waals surface area contributed by atoms with Gasteiger partial charge in [-0.25, -0.2) is 0 Å². The highest BCUT2D eigenvalue weighted by Crippen LogP contribution is 2.17. The van der Waals surface area contributed by atoms with Gasteiger partial charge in [-0.2, -0.15) is 0 Å². The number of rotatable bonds is 2. The molecule has 0 aliphatic carbocycles. The topological polar surface area (TPSA) is 60.8 Å². The molecule has 2 N–H and O–H groups in total. The number of carbonyl (C=O) groups excluding carboxylic acids is 1. The highest BCUT2D eigenvalue weighted by atomic mass is 28.4. The molecule has 1 rings (SSSR count). The Bertz CT molecular complexity index is 190. The van der Waals surface area contributed by atoms with E-state index in [0.717, 1.165) is 6.42 Å². The molecule has 70 valence electrons. The van der Waals surface area contributed by atoms with Gasteiger partial charge in [0, 0.05) is 13.0 Å². The average Bonchev–Trinajstić information content (AvgIpc) is 2.31. The van der Waals surface area contributed by atoms with Gasteiger partial charge < -0.3 is 14.5 Å². The van der Waals surface area contributed by atoms with Crippen molar-refractivity contribution in [1.82, 2.24) is 4.90 Å². The molecule has 4 nitrogen and oxygen atoms in total. The van der Waals surface area contributed by atoms with Crippen LogP contribution in [-0.2, 0) is 4.79 Å². The van der Waals surface area contributed by atoms with Gasteiger partial charge in [-0.1, -0.05) is 0 Å². The maximum absolute atomic E-state index is 11.2. The molecular weight excluding hydrogens is 174 g/mol. The van der Waals surface area contributed by atoms with Crippen molar-refractivity contribution in [2.75, 3.05) is 6.54 Å². The third-order valence-corrected chi connectivity index (χ3v) is 4.26. The van der Waals surface area contributed by atoms with E-state index < -0.39 is 8.56 Å². The Morgan fingerprint density at radius 1 is 1.58 bits per heavy atom. The minimum absolute atomic E-state index is 0.0457. The first-order valence-corrected chi connectivity index (χ1v) is 6.64. The van der Waals surface area contributed by atoms with Crippen molar-refractivity contribution in [1.29, 1.82) is 0 Å². The fourth-order valence-electron chi connectivity index (χ4n) is 1.37. The molecule has 5 heteroatoms. The highest BCUT2D eigenvalue weighted by Gasteiger charge is 2.38. The summed E-state index contributed by atoms with van der Waals surface area (Å²) in [6.45, 7) is 3.81. The van der Waals surface area contributed by atoms with E-state index >= 15 is 0 Å². The summed E-state index contributed by atoms with van der Waals surface area (Å²) in [6, 6.07) is 0. The molecule has 1 aliphatic heterocycles. The van der Waals surface area contributed by atoms with Crippen LogP contribution in [0.15, 0.2) is 0 Å². The van der Waals surface area contributed by atoms with Crippen LogP contribution >= 0.6 is 0 Å². The van der Waals surface area contributed by atoms with Crippen molar-refractivity contribution >= 4 is 14.5 Å². The van der Waals surface area contributed by atoms with Crippen LogP contribution < -0.4 is 0 Å². The van der Waals surface area contributed by atoms with Crippen molar-refractivity contribution in [3.63, 3.8) is 0 Å². The Labute approximate surface area is 73.1 Å². The van der Waals surface area contributed by atoms with E-state index in [1.807, 2.05) is 0 Å². The standard InChI is InChI=1S/C7H15NO3Si/c1-6(12(2,10)11)8-5-3-4-7(8)9/h6,10-11H,3-5H2,1-2H3. The number of carbonyl (C=O) groups is 1. The van der Waals surface area contributed by atoms with Gasteiger partial charge in [-0.05, 0) is 19.9 Å². The molecule has 1 fully saturated rings. The van der Waals surface area contributed by atoms with Crippen molar-refractivity contribution in [2.45, 2.75) is 32.0 Å². The second kappa shape index (κ2) is 3.16. The third kappa shape index (κ3) is 1.85. The predicted molar refractivity (Wildman–Crippen MR) is 46.5 cm³/mol. The lowest BCUT2D eigenvalue weighted by molar-refractivity contribution is -0.128. The van der Waals surface area contributed by atoms with Gasteiger partial charge in [0.05, 0.1) is 5.67 Å². The molecule has 0 bridgehead atoms. The molecule has 1 saturated heterocycles.